The number of aromatic nitrogens is 2. The topological polar surface area (TPSA) is 98.7 Å². The van der Waals surface area contributed by atoms with Crippen molar-refractivity contribution in [2.75, 3.05) is 27.2 Å². The maximum atomic E-state index is 12.6. The average Bonchev–Trinajstić information content (AvgIpc) is 2.97. The largest absolute Gasteiger partial charge is 0.351 e. The summed E-state index contributed by atoms with van der Waals surface area (Å²) in [7, 11) is 3.85. The smallest absolute Gasteiger partial charge is 0.265 e. The molecular formula is C19H23N5O3S2. The second-order valence-electron chi connectivity index (χ2n) is 7.25. The number of hydrogen-bond acceptors (Lipinski definition) is 6. The first-order valence-electron chi connectivity index (χ1n) is 9.14. The maximum absolute atomic E-state index is 12.6. The van der Waals surface area contributed by atoms with Gasteiger partial charge in [0, 0.05) is 24.7 Å². The zero-order valence-electron chi connectivity index (χ0n) is 16.7. The number of aromatic amines is 1. The third-order valence-electron chi connectivity index (χ3n) is 4.26. The summed E-state index contributed by atoms with van der Waals surface area (Å²) >= 11 is 6.58. The van der Waals surface area contributed by atoms with Crippen LogP contribution in [0.2, 0.25) is 0 Å². The zero-order chi connectivity index (χ0) is 21.3. The first kappa shape index (κ1) is 21.2. The summed E-state index contributed by atoms with van der Waals surface area (Å²) in [6.45, 7) is 4.93. The zero-order valence-corrected chi connectivity index (χ0v) is 18.3. The standard InChI is InChI=1S/C19H23N5O3S2/c1-10(2)21-18(27)14-15-22-17(26)12-6-5-11(16(25)20-7-8-23(3)4)9-13(12)24(15)19(28)29-14/h5-6,9-10H,7-8H2,1-4H3,(H,20,25)(H,21,27)(H,22,26). The van der Waals surface area contributed by atoms with E-state index >= 15 is 0 Å². The van der Waals surface area contributed by atoms with Crippen LogP contribution >= 0.6 is 23.6 Å². The number of carbonyl (C=O) groups is 2. The van der Waals surface area contributed by atoms with Crippen LogP contribution in [0.25, 0.3) is 16.6 Å². The Hall–Kier alpha value is -2.56. The minimum absolute atomic E-state index is 0.0529. The highest BCUT2D eigenvalue weighted by Gasteiger charge is 2.19. The molecule has 0 radical (unpaired) electrons. The van der Waals surface area contributed by atoms with Crippen molar-refractivity contribution in [1.29, 1.82) is 0 Å². The molecule has 0 aliphatic heterocycles. The van der Waals surface area contributed by atoms with E-state index in [9.17, 15) is 14.4 Å². The summed E-state index contributed by atoms with van der Waals surface area (Å²) in [5.41, 5.74) is 0.907. The molecule has 2 amide bonds. The lowest BCUT2D eigenvalue weighted by atomic mass is 10.1. The van der Waals surface area contributed by atoms with E-state index in [-0.39, 0.29) is 23.4 Å². The Kier molecular flexibility index (Phi) is 6.15. The second-order valence-corrected chi connectivity index (χ2v) is 8.90. The number of nitrogens with one attached hydrogen (secondary N) is 3. The van der Waals surface area contributed by atoms with Gasteiger partial charge in [0.05, 0.1) is 10.9 Å². The van der Waals surface area contributed by atoms with Gasteiger partial charge in [-0.2, -0.15) is 0 Å². The summed E-state index contributed by atoms with van der Waals surface area (Å²) in [6, 6.07) is 4.79. The van der Waals surface area contributed by atoms with E-state index in [2.05, 4.69) is 15.6 Å². The predicted octanol–water partition coefficient (Wildman–Crippen LogP) is 2.00. The molecule has 10 heteroatoms. The van der Waals surface area contributed by atoms with Crippen LogP contribution in [0, 0.1) is 3.95 Å². The third-order valence-corrected chi connectivity index (χ3v) is 5.63. The van der Waals surface area contributed by atoms with Crippen molar-refractivity contribution in [2.45, 2.75) is 19.9 Å². The molecule has 0 aliphatic carbocycles. The van der Waals surface area contributed by atoms with Gasteiger partial charge in [0.1, 0.15) is 10.5 Å². The fraction of sp³-hybridized carbons (Fsp3) is 0.368. The Morgan fingerprint density at radius 1 is 1.28 bits per heavy atom. The number of hydrogen-bond donors (Lipinski definition) is 3. The molecule has 0 saturated carbocycles. The van der Waals surface area contributed by atoms with Crippen molar-refractivity contribution in [2.24, 2.45) is 0 Å². The third kappa shape index (κ3) is 4.39. The average molecular weight is 434 g/mol. The number of thiazole rings is 1. The van der Waals surface area contributed by atoms with Crippen LogP contribution in [-0.2, 0) is 0 Å². The summed E-state index contributed by atoms with van der Waals surface area (Å²) < 4.78 is 2.06. The molecule has 0 bridgehead atoms. The Morgan fingerprint density at radius 3 is 2.66 bits per heavy atom. The minimum Gasteiger partial charge on any atom is -0.351 e. The van der Waals surface area contributed by atoms with Crippen molar-refractivity contribution in [3.63, 3.8) is 0 Å². The summed E-state index contributed by atoms with van der Waals surface area (Å²) in [4.78, 5) is 42.7. The van der Waals surface area contributed by atoms with Crippen LogP contribution in [0.15, 0.2) is 23.0 Å². The molecular weight excluding hydrogens is 410 g/mol. The first-order valence-corrected chi connectivity index (χ1v) is 10.4. The van der Waals surface area contributed by atoms with Gasteiger partial charge < -0.3 is 20.5 Å². The lowest BCUT2D eigenvalue weighted by molar-refractivity contribution is 0.0941. The molecule has 0 fully saturated rings. The molecule has 2 aromatic heterocycles. The molecule has 154 valence electrons. The van der Waals surface area contributed by atoms with Crippen LogP contribution < -0.4 is 16.2 Å². The molecule has 3 aromatic rings. The second kappa shape index (κ2) is 8.44. The van der Waals surface area contributed by atoms with Crippen molar-refractivity contribution < 1.29 is 9.59 Å². The number of fused-ring (bicyclic) bond motifs is 3. The summed E-state index contributed by atoms with van der Waals surface area (Å²) in [6.07, 6.45) is 0. The van der Waals surface area contributed by atoms with Crippen LogP contribution in [0.4, 0.5) is 0 Å². The lowest BCUT2D eigenvalue weighted by Crippen LogP contribution is -2.31. The van der Waals surface area contributed by atoms with Crippen LogP contribution in [0.5, 0.6) is 0 Å². The van der Waals surface area contributed by atoms with Crippen molar-refractivity contribution in [3.05, 3.63) is 42.9 Å². The van der Waals surface area contributed by atoms with Crippen molar-refractivity contribution in [1.82, 2.24) is 24.9 Å². The van der Waals surface area contributed by atoms with Gasteiger partial charge in [0.25, 0.3) is 17.4 Å². The highest BCUT2D eigenvalue weighted by Crippen LogP contribution is 2.23. The quantitative estimate of drug-likeness (QED) is 0.517. The minimum atomic E-state index is -0.342. The lowest BCUT2D eigenvalue weighted by Gasteiger charge is -2.11. The molecule has 3 rings (SSSR count). The Labute approximate surface area is 176 Å². The number of benzene rings is 1. The van der Waals surface area contributed by atoms with Crippen LogP contribution in [0.1, 0.15) is 33.9 Å². The number of H-pyrrole nitrogens is 1. The van der Waals surface area contributed by atoms with Gasteiger partial charge in [0.15, 0.2) is 3.95 Å². The van der Waals surface area contributed by atoms with E-state index in [1.165, 1.54) is 0 Å². The van der Waals surface area contributed by atoms with E-state index in [0.29, 0.717) is 44.0 Å². The van der Waals surface area contributed by atoms with E-state index < -0.39 is 0 Å². The molecule has 3 N–H and O–H groups in total. The normalized spacial score (nSPS) is 11.5. The molecule has 1 aromatic carbocycles. The highest BCUT2D eigenvalue weighted by molar-refractivity contribution is 7.73. The van der Waals surface area contributed by atoms with Gasteiger partial charge in [-0.1, -0.05) is 11.3 Å². The first-order chi connectivity index (χ1) is 13.7. The Morgan fingerprint density at radius 2 is 2.00 bits per heavy atom. The maximum Gasteiger partial charge on any atom is 0.265 e. The van der Waals surface area contributed by atoms with Crippen LogP contribution in [-0.4, -0.2) is 59.3 Å². The summed E-state index contributed by atoms with van der Waals surface area (Å²) in [5, 5.41) is 6.06. The SMILES string of the molecule is CC(C)NC(=O)c1sc(=S)n2c1[nH]c(=O)c1ccc(C(=O)NCCN(C)C)cc12. The van der Waals surface area contributed by atoms with E-state index in [1.807, 2.05) is 32.8 Å². The van der Waals surface area contributed by atoms with E-state index in [0.717, 1.165) is 11.3 Å². The molecule has 0 unspecified atom stereocenters. The molecule has 29 heavy (non-hydrogen) atoms. The monoisotopic (exact) mass is 433 g/mol. The van der Waals surface area contributed by atoms with Gasteiger partial charge in [0.2, 0.25) is 0 Å². The number of likely N-dealkylation sites (N-methyl/N-ethyl adjacent to an activating group) is 1. The van der Waals surface area contributed by atoms with E-state index in [1.54, 1.807) is 22.6 Å². The van der Waals surface area contributed by atoms with E-state index in [4.69, 9.17) is 12.2 Å². The highest BCUT2D eigenvalue weighted by atomic mass is 32.1. The fourth-order valence-corrected chi connectivity index (χ4v) is 4.19. The fourth-order valence-electron chi connectivity index (χ4n) is 2.91. The van der Waals surface area contributed by atoms with Gasteiger partial charge in [-0.15, -0.1) is 0 Å². The number of amides is 2. The van der Waals surface area contributed by atoms with Crippen molar-refractivity contribution in [3.8, 4) is 0 Å². The van der Waals surface area contributed by atoms with Gasteiger partial charge in [-0.05, 0) is 58.4 Å². The molecule has 0 spiro atoms. The number of carbonyl (C=O) groups excluding carboxylic acids is 2. The Balaban J connectivity index is 2.11. The van der Waals surface area contributed by atoms with Crippen molar-refractivity contribution >= 4 is 51.9 Å². The predicted molar refractivity (Wildman–Crippen MR) is 118 cm³/mol. The number of nitrogens with zero attached hydrogens (tertiary/aromatic N) is 2. The van der Waals surface area contributed by atoms with Gasteiger partial charge in [-0.3, -0.25) is 18.8 Å². The molecule has 0 atom stereocenters. The molecule has 0 aliphatic rings. The Bertz CT molecular complexity index is 1210. The molecule has 0 saturated heterocycles. The van der Waals surface area contributed by atoms with Gasteiger partial charge >= 0.3 is 0 Å². The van der Waals surface area contributed by atoms with Crippen LogP contribution in [0.3, 0.4) is 0 Å². The summed E-state index contributed by atoms with van der Waals surface area (Å²) in [5.74, 6) is -0.534. The molecule has 8 nitrogen and oxygen atoms in total. The van der Waals surface area contributed by atoms with Gasteiger partial charge in [-0.25, -0.2) is 0 Å². The number of rotatable bonds is 6. The molecule has 2 heterocycles.